The molecule has 0 bridgehead atoms. The van der Waals surface area contributed by atoms with Crippen LogP contribution in [0.25, 0.3) is 0 Å². The lowest BCUT2D eigenvalue weighted by Gasteiger charge is -2.33. The van der Waals surface area contributed by atoms with Crippen molar-refractivity contribution in [1.82, 2.24) is 26.1 Å². The molecule has 3 unspecified atom stereocenters. The molecule has 2 saturated heterocycles. The fraction of sp³-hybridized carbons (Fsp3) is 0.611. The maximum absolute atomic E-state index is 12.8. The number of piperidine rings is 1. The van der Waals surface area contributed by atoms with Gasteiger partial charge >= 0.3 is 0 Å². The molecule has 136 valence electrons. The van der Waals surface area contributed by atoms with Crippen LogP contribution in [0.3, 0.4) is 0 Å². The molecule has 3 heterocycles. The maximum Gasteiger partial charge on any atom is 0.241 e. The van der Waals surface area contributed by atoms with Crippen LogP contribution in [0.4, 0.5) is 0 Å². The molecule has 2 amide bonds. The highest BCUT2D eigenvalue weighted by Crippen LogP contribution is 2.24. The predicted molar refractivity (Wildman–Crippen MR) is 94.2 cm³/mol. The van der Waals surface area contributed by atoms with Crippen LogP contribution in [0.2, 0.25) is 0 Å². The molecule has 1 aromatic rings. The van der Waals surface area contributed by atoms with E-state index in [0.717, 1.165) is 24.9 Å². The zero-order chi connectivity index (χ0) is 17.8. The van der Waals surface area contributed by atoms with Gasteiger partial charge in [0.1, 0.15) is 6.04 Å². The van der Waals surface area contributed by atoms with E-state index in [9.17, 15) is 9.59 Å². The number of hydrogen-bond acceptors (Lipinski definition) is 5. The Morgan fingerprint density at radius 1 is 1.28 bits per heavy atom. The normalized spacial score (nSPS) is 26.7. The molecule has 3 atom stereocenters. The predicted octanol–water partition coefficient (Wildman–Crippen LogP) is 0.752. The summed E-state index contributed by atoms with van der Waals surface area (Å²) in [6, 6.07) is 3.88. The Morgan fingerprint density at radius 2 is 2.04 bits per heavy atom. The Bertz CT molecular complexity index is 607. The molecule has 0 spiro atoms. The molecule has 25 heavy (non-hydrogen) atoms. The molecule has 0 aromatic carbocycles. The number of amides is 2. The Morgan fingerprint density at radius 3 is 2.76 bits per heavy atom. The van der Waals surface area contributed by atoms with Gasteiger partial charge in [0, 0.05) is 37.6 Å². The third-order valence-corrected chi connectivity index (χ3v) is 4.84. The minimum Gasteiger partial charge on any atom is -0.354 e. The molecule has 2 aliphatic rings. The van der Waals surface area contributed by atoms with E-state index in [1.165, 1.54) is 0 Å². The number of rotatable bonds is 4. The third-order valence-electron chi connectivity index (χ3n) is 4.84. The Kier molecular flexibility index (Phi) is 5.65. The Labute approximate surface area is 148 Å². The third kappa shape index (κ3) is 4.35. The number of carbonyl (C=O) groups excluding carboxylic acids is 2. The summed E-state index contributed by atoms with van der Waals surface area (Å²) in [7, 11) is 0. The lowest BCUT2D eigenvalue weighted by atomic mass is 9.95. The highest BCUT2D eigenvalue weighted by Gasteiger charge is 2.36. The van der Waals surface area contributed by atoms with Crippen LogP contribution in [0, 0.1) is 5.92 Å². The molecule has 0 aliphatic carbocycles. The number of hydrogen-bond donors (Lipinski definition) is 3. The van der Waals surface area contributed by atoms with Crippen molar-refractivity contribution >= 4 is 11.8 Å². The first-order chi connectivity index (χ1) is 12.0. The molecule has 0 radical (unpaired) electrons. The molecule has 7 nitrogen and oxygen atoms in total. The molecule has 3 rings (SSSR count). The van der Waals surface area contributed by atoms with Crippen LogP contribution in [-0.4, -0.2) is 46.9 Å². The van der Waals surface area contributed by atoms with Crippen molar-refractivity contribution in [2.24, 2.45) is 5.92 Å². The van der Waals surface area contributed by atoms with Crippen molar-refractivity contribution in [2.45, 2.75) is 51.2 Å². The summed E-state index contributed by atoms with van der Waals surface area (Å²) in [5, 5.41) is 2.96. The molecular weight excluding hydrogens is 318 g/mol. The average Bonchev–Trinajstić information content (AvgIpc) is 3.11. The number of nitrogens with one attached hydrogen (secondary N) is 3. The van der Waals surface area contributed by atoms with Gasteiger partial charge in [-0.2, -0.15) is 0 Å². The summed E-state index contributed by atoms with van der Waals surface area (Å²) in [6.45, 7) is 5.14. The highest BCUT2D eigenvalue weighted by atomic mass is 16.2. The fourth-order valence-electron chi connectivity index (χ4n) is 3.55. The zero-order valence-electron chi connectivity index (χ0n) is 14.9. The van der Waals surface area contributed by atoms with Crippen molar-refractivity contribution < 1.29 is 9.59 Å². The number of likely N-dealkylation sites (tertiary alicyclic amines) is 1. The molecule has 2 aliphatic heterocycles. The molecule has 1 aromatic heterocycles. The summed E-state index contributed by atoms with van der Waals surface area (Å²) in [4.78, 5) is 31.0. The number of pyridine rings is 1. The second-order valence-electron chi connectivity index (χ2n) is 7.20. The van der Waals surface area contributed by atoms with Gasteiger partial charge in [0.05, 0.1) is 5.92 Å². The molecule has 7 heteroatoms. The molecule has 2 fully saturated rings. The van der Waals surface area contributed by atoms with Gasteiger partial charge in [-0.3, -0.25) is 14.6 Å². The first kappa shape index (κ1) is 17.8. The van der Waals surface area contributed by atoms with Crippen molar-refractivity contribution in [3.05, 3.63) is 30.1 Å². The van der Waals surface area contributed by atoms with Gasteiger partial charge in [-0.1, -0.05) is 0 Å². The quantitative estimate of drug-likeness (QED) is 0.750. The standard InChI is InChI=1S/C18H27N5O2/c1-12(2)20-17(24)14-4-3-9-23(11-14)18(25)16-10-15(21-22-16)13-5-7-19-8-6-13/h5-8,12,14-16,21-22H,3-4,9-11H2,1-2H3,(H,20,24). The summed E-state index contributed by atoms with van der Waals surface area (Å²) in [6.07, 6.45) is 5.93. The van der Waals surface area contributed by atoms with E-state index in [1.807, 2.05) is 30.9 Å². The monoisotopic (exact) mass is 345 g/mol. The van der Waals surface area contributed by atoms with Crippen LogP contribution >= 0.6 is 0 Å². The second kappa shape index (κ2) is 7.93. The van der Waals surface area contributed by atoms with Gasteiger partial charge in [-0.25, -0.2) is 10.9 Å². The molecule has 3 N–H and O–H groups in total. The van der Waals surface area contributed by atoms with Gasteiger partial charge in [0.15, 0.2) is 0 Å². The van der Waals surface area contributed by atoms with E-state index in [2.05, 4.69) is 21.2 Å². The van der Waals surface area contributed by atoms with Crippen LogP contribution in [-0.2, 0) is 9.59 Å². The van der Waals surface area contributed by atoms with E-state index in [1.54, 1.807) is 12.4 Å². The van der Waals surface area contributed by atoms with Gasteiger partial charge in [0.25, 0.3) is 0 Å². The lowest BCUT2D eigenvalue weighted by Crippen LogP contribution is -2.51. The Hall–Kier alpha value is -1.99. The molecular formula is C18H27N5O2. The number of hydrazine groups is 1. The van der Waals surface area contributed by atoms with Crippen LogP contribution in [0.1, 0.15) is 44.7 Å². The number of nitrogens with zero attached hydrogens (tertiary/aromatic N) is 2. The highest BCUT2D eigenvalue weighted by molar-refractivity contribution is 5.84. The topological polar surface area (TPSA) is 86.4 Å². The lowest BCUT2D eigenvalue weighted by molar-refractivity contribution is -0.137. The Balaban J connectivity index is 1.57. The van der Waals surface area contributed by atoms with Crippen molar-refractivity contribution in [3.8, 4) is 0 Å². The van der Waals surface area contributed by atoms with Crippen LogP contribution in [0.5, 0.6) is 0 Å². The summed E-state index contributed by atoms with van der Waals surface area (Å²) in [5.74, 6) is 0.0243. The van der Waals surface area contributed by atoms with E-state index in [0.29, 0.717) is 13.0 Å². The number of carbonyl (C=O) groups is 2. The first-order valence-corrected chi connectivity index (χ1v) is 9.04. The van der Waals surface area contributed by atoms with Gasteiger partial charge in [-0.15, -0.1) is 0 Å². The van der Waals surface area contributed by atoms with Crippen molar-refractivity contribution in [2.75, 3.05) is 13.1 Å². The van der Waals surface area contributed by atoms with Crippen molar-refractivity contribution in [3.63, 3.8) is 0 Å². The average molecular weight is 345 g/mol. The largest absolute Gasteiger partial charge is 0.354 e. The zero-order valence-corrected chi connectivity index (χ0v) is 14.9. The van der Waals surface area contributed by atoms with E-state index in [-0.39, 0.29) is 35.9 Å². The van der Waals surface area contributed by atoms with Crippen LogP contribution < -0.4 is 16.2 Å². The van der Waals surface area contributed by atoms with E-state index >= 15 is 0 Å². The minimum absolute atomic E-state index is 0.0552. The molecule has 0 saturated carbocycles. The van der Waals surface area contributed by atoms with Gasteiger partial charge in [0.2, 0.25) is 11.8 Å². The smallest absolute Gasteiger partial charge is 0.241 e. The minimum atomic E-state index is -0.259. The van der Waals surface area contributed by atoms with Crippen molar-refractivity contribution in [1.29, 1.82) is 0 Å². The van der Waals surface area contributed by atoms with Gasteiger partial charge in [-0.05, 0) is 50.8 Å². The van der Waals surface area contributed by atoms with E-state index < -0.39 is 0 Å². The SMILES string of the molecule is CC(C)NC(=O)C1CCCN(C(=O)C2CC(c3ccncc3)NN2)C1. The second-order valence-corrected chi connectivity index (χ2v) is 7.20. The van der Waals surface area contributed by atoms with Gasteiger partial charge < -0.3 is 10.2 Å². The fourth-order valence-corrected chi connectivity index (χ4v) is 3.55. The summed E-state index contributed by atoms with van der Waals surface area (Å²) >= 11 is 0. The first-order valence-electron chi connectivity index (χ1n) is 9.04. The van der Waals surface area contributed by atoms with Crippen LogP contribution in [0.15, 0.2) is 24.5 Å². The van der Waals surface area contributed by atoms with E-state index in [4.69, 9.17) is 0 Å². The summed E-state index contributed by atoms with van der Waals surface area (Å²) < 4.78 is 0. The maximum atomic E-state index is 12.8. The number of aromatic nitrogens is 1. The summed E-state index contributed by atoms with van der Waals surface area (Å²) in [5.41, 5.74) is 7.43.